The van der Waals surface area contributed by atoms with Gasteiger partial charge in [0, 0.05) is 37.8 Å². The van der Waals surface area contributed by atoms with Gasteiger partial charge < -0.3 is 15.5 Å². The summed E-state index contributed by atoms with van der Waals surface area (Å²) in [7, 11) is 3.92. The number of rotatable bonds is 5. The Labute approximate surface area is 171 Å². The molecule has 1 saturated carbocycles. The molecule has 0 radical (unpaired) electrons. The van der Waals surface area contributed by atoms with Gasteiger partial charge in [0.1, 0.15) is 23.3 Å². The number of anilines is 2. The lowest BCUT2D eigenvalue weighted by molar-refractivity contribution is 0.0926. The molecule has 0 unspecified atom stereocenters. The standard InChI is InChI=1S/C20H26FN5O.ClH/c1-13-22-18(12-19(23-13)26(2)3)24-16-8-10-17(11-9-16)25-20(27)14-4-6-15(21)7-5-14;/h4-7,12,16-17H,8-11H2,1-3H3,(H,25,27)(H,22,23,24);1H/t16-,17+;. The molecular formula is C20H27ClFN5O. The van der Waals surface area contributed by atoms with Crippen LogP contribution in [-0.2, 0) is 0 Å². The summed E-state index contributed by atoms with van der Waals surface area (Å²) in [6.45, 7) is 1.89. The number of nitrogens with zero attached hydrogens (tertiary/aromatic N) is 3. The molecule has 1 aliphatic rings. The first kappa shape index (κ1) is 21.9. The smallest absolute Gasteiger partial charge is 0.251 e. The van der Waals surface area contributed by atoms with Gasteiger partial charge in [0.25, 0.3) is 5.91 Å². The van der Waals surface area contributed by atoms with Crippen molar-refractivity contribution in [3.05, 3.63) is 47.5 Å². The van der Waals surface area contributed by atoms with Crippen molar-refractivity contribution >= 4 is 29.9 Å². The van der Waals surface area contributed by atoms with Crippen LogP contribution in [0.4, 0.5) is 16.0 Å². The molecule has 1 aliphatic carbocycles. The fourth-order valence-corrected chi connectivity index (χ4v) is 3.32. The van der Waals surface area contributed by atoms with Crippen molar-refractivity contribution in [2.24, 2.45) is 0 Å². The predicted octanol–water partition coefficient (Wildman–Crippen LogP) is 3.57. The van der Waals surface area contributed by atoms with Crippen molar-refractivity contribution in [1.29, 1.82) is 0 Å². The molecule has 1 heterocycles. The maximum atomic E-state index is 13.0. The Bertz CT molecular complexity index is 792. The van der Waals surface area contributed by atoms with Crippen molar-refractivity contribution in [1.82, 2.24) is 15.3 Å². The molecule has 28 heavy (non-hydrogen) atoms. The molecular weight excluding hydrogens is 381 g/mol. The van der Waals surface area contributed by atoms with Crippen LogP contribution < -0.4 is 15.5 Å². The molecule has 6 nitrogen and oxygen atoms in total. The summed E-state index contributed by atoms with van der Waals surface area (Å²) in [5.74, 6) is 1.98. The molecule has 0 atom stereocenters. The monoisotopic (exact) mass is 407 g/mol. The minimum absolute atomic E-state index is 0. The van der Waals surface area contributed by atoms with Crippen LogP contribution in [0.5, 0.6) is 0 Å². The van der Waals surface area contributed by atoms with Crippen LogP contribution in [0, 0.1) is 12.7 Å². The van der Waals surface area contributed by atoms with Gasteiger partial charge in [-0.3, -0.25) is 4.79 Å². The van der Waals surface area contributed by atoms with E-state index in [0.29, 0.717) is 11.6 Å². The molecule has 0 spiro atoms. The van der Waals surface area contributed by atoms with E-state index in [9.17, 15) is 9.18 Å². The van der Waals surface area contributed by atoms with Gasteiger partial charge in [-0.05, 0) is 56.9 Å². The van der Waals surface area contributed by atoms with E-state index in [1.165, 1.54) is 24.3 Å². The number of halogens is 2. The van der Waals surface area contributed by atoms with Crippen LogP contribution in [-0.4, -0.2) is 42.1 Å². The van der Waals surface area contributed by atoms with Crippen molar-refractivity contribution in [3.8, 4) is 0 Å². The average molecular weight is 408 g/mol. The Kier molecular flexibility index (Phi) is 7.57. The van der Waals surface area contributed by atoms with E-state index in [4.69, 9.17) is 0 Å². The zero-order valence-corrected chi connectivity index (χ0v) is 17.2. The molecule has 0 aliphatic heterocycles. The van der Waals surface area contributed by atoms with Gasteiger partial charge >= 0.3 is 0 Å². The van der Waals surface area contributed by atoms with Gasteiger partial charge in [-0.1, -0.05) is 0 Å². The minimum atomic E-state index is -0.337. The Morgan fingerprint density at radius 3 is 2.29 bits per heavy atom. The van der Waals surface area contributed by atoms with Gasteiger partial charge in [-0.2, -0.15) is 0 Å². The molecule has 1 fully saturated rings. The minimum Gasteiger partial charge on any atom is -0.367 e. The highest BCUT2D eigenvalue weighted by Gasteiger charge is 2.23. The molecule has 2 N–H and O–H groups in total. The van der Waals surface area contributed by atoms with E-state index in [1.54, 1.807) is 0 Å². The second kappa shape index (κ2) is 9.68. The third-order valence-corrected chi connectivity index (χ3v) is 4.80. The second-order valence-electron chi connectivity index (χ2n) is 7.23. The van der Waals surface area contributed by atoms with Crippen molar-refractivity contribution in [2.75, 3.05) is 24.3 Å². The van der Waals surface area contributed by atoms with E-state index in [0.717, 1.165) is 43.1 Å². The van der Waals surface area contributed by atoms with Crippen LogP contribution in [0.15, 0.2) is 30.3 Å². The second-order valence-corrected chi connectivity index (χ2v) is 7.23. The number of hydrogen-bond acceptors (Lipinski definition) is 5. The molecule has 3 rings (SSSR count). The first-order chi connectivity index (χ1) is 12.9. The molecule has 8 heteroatoms. The molecule has 152 valence electrons. The van der Waals surface area contributed by atoms with E-state index in [-0.39, 0.29) is 30.2 Å². The summed E-state index contributed by atoms with van der Waals surface area (Å²) in [6, 6.07) is 8.06. The largest absolute Gasteiger partial charge is 0.367 e. The normalized spacial score (nSPS) is 18.7. The number of carbonyl (C=O) groups excluding carboxylic acids is 1. The highest BCUT2D eigenvalue weighted by Crippen LogP contribution is 2.23. The topological polar surface area (TPSA) is 70.2 Å². The summed E-state index contributed by atoms with van der Waals surface area (Å²) in [6.07, 6.45) is 3.70. The average Bonchev–Trinajstić information content (AvgIpc) is 2.63. The number of hydrogen-bond donors (Lipinski definition) is 2. The van der Waals surface area contributed by atoms with Crippen LogP contribution >= 0.6 is 12.4 Å². The van der Waals surface area contributed by atoms with E-state index >= 15 is 0 Å². The number of amides is 1. The third-order valence-electron chi connectivity index (χ3n) is 4.80. The van der Waals surface area contributed by atoms with Gasteiger partial charge in [0.05, 0.1) is 0 Å². The number of nitrogens with one attached hydrogen (secondary N) is 2. The van der Waals surface area contributed by atoms with Crippen molar-refractivity contribution < 1.29 is 9.18 Å². The zero-order valence-electron chi connectivity index (χ0n) is 16.4. The Balaban J connectivity index is 0.00000280. The van der Waals surface area contributed by atoms with E-state index in [2.05, 4.69) is 20.6 Å². The fourth-order valence-electron chi connectivity index (χ4n) is 3.32. The maximum absolute atomic E-state index is 13.0. The lowest BCUT2D eigenvalue weighted by atomic mass is 9.91. The Hall–Kier alpha value is -2.41. The third kappa shape index (κ3) is 5.79. The zero-order chi connectivity index (χ0) is 19.4. The SMILES string of the molecule is Cc1nc(N[C@H]2CC[C@@H](NC(=O)c3ccc(F)cc3)CC2)cc(N(C)C)n1.Cl. The molecule has 0 bridgehead atoms. The molecule has 1 aromatic carbocycles. The highest BCUT2D eigenvalue weighted by molar-refractivity contribution is 5.94. The summed E-state index contributed by atoms with van der Waals surface area (Å²) in [4.78, 5) is 23.1. The van der Waals surface area contributed by atoms with Gasteiger partial charge in [0.2, 0.25) is 0 Å². The summed E-state index contributed by atoms with van der Waals surface area (Å²) in [5.41, 5.74) is 0.490. The maximum Gasteiger partial charge on any atom is 0.251 e. The quantitative estimate of drug-likeness (QED) is 0.793. The van der Waals surface area contributed by atoms with Crippen molar-refractivity contribution in [3.63, 3.8) is 0 Å². The summed E-state index contributed by atoms with van der Waals surface area (Å²) >= 11 is 0. The fraction of sp³-hybridized carbons (Fsp3) is 0.450. The molecule has 2 aromatic rings. The van der Waals surface area contributed by atoms with Crippen LogP contribution in [0.1, 0.15) is 41.9 Å². The number of carbonyl (C=O) groups is 1. The molecule has 0 saturated heterocycles. The molecule has 1 amide bonds. The lowest BCUT2D eigenvalue weighted by Crippen LogP contribution is -2.40. The van der Waals surface area contributed by atoms with E-state index in [1.807, 2.05) is 32.0 Å². The van der Waals surface area contributed by atoms with Gasteiger partial charge in [-0.25, -0.2) is 14.4 Å². The summed E-state index contributed by atoms with van der Waals surface area (Å²) < 4.78 is 13.0. The number of aromatic nitrogens is 2. The van der Waals surface area contributed by atoms with Crippen LogP contribution in [0.25, 0.3) is 0 Å². The van der Waals surface area contributed by atoms with Crippen LogP contribution in [0.3, 0.4) is 0 Å². The number of aryl methyl sites for hydroxylation is 1. The Morgan fingerprint density at radius 2 is 1.68 bits per heavy atom. The van der Waals surface area contributed by atoms with E-state index < -0.39 is 0 Å². The first-order valence-electron chi connectivity index (χ1n) is 9.26. The van der Waals surface area contributed by atoms with Gasteiger partial charge in [0.15, 0.2) is 0 Å². The van der Waals surface area contributed by atoms with Crippen molar-refractivity contribution in [2.45, 2.75) is 44.7 Å². The Morgan fingerprint density at radius 1 is 1.07 bits per heavy atom. The predicted molar refractivity (Wildman–Crippen MR) is 112 cm³/mol. The number of benzene rings is 1. The molecule has 1 aromatic heterocycles. The van der Waals surface area contributed by atoms with Gasteiger partial charge in [-0.15, -0.1) is 12.4 Å². The first-order valence-corrected chi connectivity index (χ1v) is 9.26. The van der Waals surface area contributed by atoms with Crippen LogP contribution in [0.2, 0.25) is 0 Å². The summed E-state index contributed by atoms with van der Waals surface area (Å²) in [5, 5.41) is 6.55. The highest BCUT2D eigenvalue weighted by atomic mass is 35.5. The lowest BCUT2D eigenvalue weighted by Gasteiger charge is -2.30.